The minimum absolute atomic E-state index is 0.159. The molecule has 6 nitrogen and oxygen atoms in total. The molecule has 0 spiro atoms. The fraction of sp³-hybridized carbons (Fsp3) is 0.353. The Kier molecular flexibility index (Phi) is 4.29. The Labute approximate surface area is 135 Å². The summed E-state index contributed by atoms with van der Waals surface area (Å²) >= 11 is 0. The van der Waals surface area contributed by atoms with Crippen molar-refractivity contribution in [2.75, 3.05) is 19.6 Å². The molecular formula is C17H19N5O. The van der Waals surface area contributed by atoms with Gasteiger partial charge in [-0.15, -0.1) is 0 Å². The van der Waals surface area contributed by atoms with Crippen LogP contribution in [0.1, 0.15) is 22.5 Å². The Bertz CT molecular complexity index is 745. The van der Waals surface area contributed by atoms with Crippen LogP contribution in [0.3, 0.4) is 0 Å². The largest absolute Gasteiger partial charge is 0.350 e. The van der Waals surface area contributed by atoms with Gasteiger partial charge in [-0.05, 0) is 30.9 Å². The zero-order valence-corrected chi connectivity index (χ0v) is 13.0. The van der Waals surface area contributed by atoms with Crippen molar-refractivity contribution >= 4 is 5.91 Å². The Hall–Kier alpha value is -2.81. The molecule has 6 heteroatoms. The fourth-order valence-electron chi connectivity index (χ4n) is 2.86. The Morgan fingerprint density at radius 1 is 1.52 bits per heavy atom. The maximum absolute atomic E-state index is 12.2. The molecule has 1 aliphatic heterocycles. The molecule has 1 aromatic heterocycles. The van der Waals surface area contributed by atoms with Gasteiger partial charge >= 0.3 is 0 Å². The van der Waals surface area contributed by atoms with E-state index in [2.05, 4.69) is 21.7 Å². The normalized spacial score (nSPS) is 17.0. The van der Waals surface area contributed by atoms with Gasteiger partial charge in [0.05, 0.1) is 5.69 Å². The summed E-state index contributed by atoms with van der Waals surface area (Å²) in [6.07, 6.45) is 3.08. The van der Waals surface area contributed by atoms with Crippen LogP contribution in [-0.4, -0.2) is 40.6 Å². The maximum atomic E-state index is 12.2. The van der Waals surface area contributed by atoms with Crippen LogP contribution in [-0.2, 0) is 0 Å². The van der Waals surface area contributed by atoms with Crippen LogP contribution >= 0.6 is 0 Å². The molecule has 2 N–H and O–H groups in total. The van der Waals surface area contributed by atoms with E-state index >= 15 is 0 Å². The Balaban J connectivity index is 1.61. The van der Waals surface area contributed by atoms with Gasteiger partial charge in [-0.2, -0.15) is 10.4 Å². The van der Waals surface area contributed by atoms with E-state index in [1.165, 1.54) is 0 Å². The minimum atomic E-state index is -0.159. The predicted molar refractivity (Wildman–Crippen MR) is 86.4 cm³/mol. The molecule has 1 unspecified atom stereocenters. The number of hydrogen-bond acceptors (Lipinski definition) is 4. The van der Waals surface area contributed by atoms with Crippen LogP contribution in [0.25, 0.3) is 11.3 Å². The highest BCUT2D eigenvalue weighted by atomic mass is 16.1. The number of nitrogens with zero attached hydrogens (tertiary/aromatic N) is 3. The van der Waals surface area contributed by atoms with Gasteiger partial charge in [0.15, 0.2) is 6.19 Å². The average Bonchev–Trinajstić information content (AvgIpc) is 3.22. The van der Waals surface area contributed by atoms with Gasteiger partial charge in [0.2, 0.25) is 0 Å². The number of amides is 1. The van der Waals surface area contributed by atoms with Crippen molar-refractivity contribution in [3.63, 3.8) is 0 Å². The molecule has 1 aromatic carbocycles. The highest BCUT2D eigenvalue weighted by Gasteiger charge is 2.22. The molecule has 23 heavy (non-hydrogen) atoms. The van der Waals surface area contributed by atoms with Gasteiger partial charge in [-0.3, -0.25) is 9.89 Å². The Morgan fingerprint density at radius 3 is 3.09 bits per heavy atom. The van der Waals surface area contributed by atoms with E-state index < -0.39 is 0 Å². The number of carbonyl (C=O) groups excluding carboxylic acids is 1. The number of nitriles is 1. The smallest absolute Gasteiger partial charge is 0.269 e. The van der Waals surface area contributed by atoms with Crippen molar-refractivity contribution in [1.29, 1.82) is 5.26 Å². The molecular weight excluding hydrogens is 290 g/mol. The first-order valence-electron chi connectivity index (χ1n) is 7.71. The summed E-state index contributed by atoms with van der Waals surface area (Å²) in [5, 5.41) is 18.8. The van der Waals surface area contributed by atoms with Crippen molar-refractivity contribution in [2.45, 2.75) is 13.3 Å². The molecule has 0 bridgehead atoms. The topological polar surface area (TPSA) is 84.8 Å². The third-order valence-electron chi connectivity index (χ3n) is 4.22. The number of hydrogen-bond donors (Lipinski definition) is 2. The first kappa shape index (κ1) is 15.1. The molecule has 0 radical (unpaired) electrons. The van der Waals surface area contributed by atoms with Crippen LogP contribution in [0.15, 0.2) is 30.3 Å². The van der Waals surface area contributed by atoms with Crippen LogP contribution < -0.4 is 5.32 Å². The molecule has 1 fully saturated rings. The van der Waals surface area contributed by atoms with E-state index in [0.29, 0.717) is 24.7 Å². The van der Waals surface area contributed by atoms with Crippen LogP contribution in [0, 0.1) is 24.3 Å². The number of nitrogens with one attached hydrogen (secondary N) is 2. The number of H-pyrrole nitrogens is 1. The number of aromatic nitrogens is 2. The zero-order chi connectivity index (χ0) is 16.2. The molecule has 2 aromatic rings. The predicted octanol–water partition coefficient (Wildman–Crippen LogP) is 1.92. The second kappa shape index (κ2) is 6.53. The average molecular weight is 309 g/mol. The van der Waals surface area contributed by atoms with Crippen LogP contribution in [0.5, 0.6) is 0 Å². The lowest BCUT2D eigenvalue weighted by Gasteiger charge is -2.10. The van der Waals surface area contributed by atoms with E-state index in [1.807, 2.05) is 31.2 Å². The SMILES string of the molecule is Cc1ccccc1-c1cc(C(=O)NCC2CCN(C#N)C2)[nH]n1. The molecule has 1 saturated heterocycles. The van der Waals surface area contributed by atoms with Crippen LogP contribution in [0.4, 0.5) is 0 Å². The summed E-state index contributed by atoms with van der Waals surface area (Å²) in [7, 11) is 0. The molecule has 118 valence electrons. The van der Waals surface area contributed by atoms with Gasteiger partial charge in [-0.1, -0.05) is 24.3 Å². The van der Waals surface area contributed by atoms with Gasteiger partial charge < -0.3 is 10.2 Å². The van der Waals surface area contributed by atoms with Gasteiger partial charge in [0, 0.05) is 25.2 Å². The second-order valence-corrected chi connectivity index (χ2v) is 5.89. The quantitative estimate of drug-likeness (QED) is 0.845. The summed E-state index contributed by atoms with van der Waals surface area (Å²) < 4.78 is 0. The molecule has 1 atom stereocenters. The number of carbonyl (C=O) groups is 1. The summed E-state index contributed by atoms with van der Waals surface area (Å²) in [4.78, 5) is 13.9. The maximum Gasteiger partial charge on any atom is 0.269 e. The molecule has 0 aliphatic carbocycles. The Morgan fingerprint density at radius 2 is 2.35 bits per heavy atom. The molecule has 1 aliphatic rings. The first-order valence-corrected chi connectivity index (χ1v) is 7.71. The summed E-state index contributed by atoms with van der Waals surface area (Å²) in [5.74, 6) is 0.171. The third kappa shape index (κ3) is 3.34. The monoisotopic (exact) mass is 309 g/mol. The number of aryl methyl sites for hydroxylation is 1. The van der Waals surface area contributed by atoms with E-state index in [4.69, 9.17) is 5.26 Å². The van der Waals surface area contributed by atoms with Gasteiger partial charge in [0.1, 0.15) is 5.69 Å². The van der Waals surface area contributed by atoms with Crippen molar-refractivity contribution in [2.24, 2.45) is 5.92 Å². The molecule has 1 amide bonds. The van der Waals surface area contributed by atoms with E-state index in [-0.39, 0.29) is 5.91 Å². The fourth-order valence-corrected chi connectivity index (χ4v) is 2.86. The number of rotatable bonds is 4. The van der Waals surface area contributed by atoms with E-state index in [9.17, 15) is 4.79 Å². The zero-order valence-electron chi connectivity index (χ0n) is 13.0. The van der Waals surface area contributed by atoms with Gasteiger partial charge in [0.25, 0.3) is 5.91 Å². The third-order valence-corrected chi connectivity index (χ3v) is 4.22. The minimum Gasteiger partial charge on any atom is -0.350 e. The van der Waals surface area contributed by atoms with Crippen molar-refractivity contribution in [1.82, 2.24) is 20.4 Å². The number of aromatic amines is 1. The van der Waals surface area contributed by atoms with Crippen molar-refractivity contribution in [3.8, 4) is 17.5 Å². The number of likely N-dealkylation sites (tertiary alicyclic amines) is 1. The van der Waals surface area contributed by atoms with Gasteiger partial charge in [-0.25, -0.2) is 0 Å². The lowest BCUT2D eigenvalue weighted by molar-refractivity contribution is 0.0942. The van der Waals surface area contributed by atoms with E-state index in [1.54, 1.807) is 11.0 Å². The summed E-state index contributed by atoms with van der Waals surface area (Å²) in [6.45, 7) is 4.09. The summed E-state index contributed by atoms with van der Waals surface area (Å²) in [5.41, 5.74) is 3.36. The lowest BCUT2D eigenvalue weighted by Crippen LogP contribution is -2.30. The molecule has 0 saturated carbocycles. The second-order valence-electron chi connectivity index (χ2n) is 5.89. The molecule has 3 rings (SSSR count). The lowest BCUT2D eigenvalue weighted by atomic mass is 10.1. The number of benzene rings is 1. The first-order chi connectivity index (χ1) is 11.2. The van der Waals surface area contributed by atoms with Crippen molar-refractivity contribution in [3.05, 3.63) is 41.6 Å². The van der Waals surface area contributed by atoms with Crippen molar-refractivity contribution < 1.29 is 4.79 Å². The van der Waals surface area contributed by atoms with Crippen LogP contribution in [0.2, 0.25) is 0 Å². The standard InChI is InChI=1S/C17H19N5O/c1-12-4-2-3-5-14(12)15-8-16(21-20-15)17(23)19-9-13-6-7-22(10-13)11-18/h2-5,8,13H,6-7,9-10H2,1H3,(H,19,23)(H,20,21). The highest BCUT2D eigenvalue weighted by Crippen LogP contribution is 2.21. The summed E-state index contributed by atoms with van der Waals surface area (Å²) in [6, 6.07) is 9.71. The molecule has 2 heterocycles. The van der Waals surface area contributed by atoms with E-state index in [0.717, 1.165) is 29.8 Å². The highest BCUT2D eigenvalue weighted by molar-refractivity contribution is 5.93.